The van der Waals surface area contributed by atoms with Gasteiger partial charge in [-0.3, -0.25) is 4.79 Å². The summed E-state index contributed by atoms with van der Waals surface area (Å²) >= 11 is 3.25. The van der Waals surface area contributed by atoms with E-state index in [1.165, 1.54) is 30.4 Å². The molecule has 0 saturated heterocycles. The summed E-state index contributed by atoms with van der Waals surface area (Å²) in [5, 5.41) is 2.70. The Bertz CT molecular complexity index is 684. The van der Waals surface area contributed by atoms with Crippen LogP contribution in [-0.2, 0) is 11.2 Å². The van der Waals surface area contributed by atoms with Gasteiger partial charge in [-0.05, 0) is 48.4 Å². The molecule has 2 rings (SSSR count). The van der Waals surface area contributed by atoms with E-state index >= 15 is 0 Å². The number of halogens is 3. The van der Waals surface area contributed by atoms with E-state index in [1.54, 1.807) is 24.3 Å². The second kappa shape index (κ2) is 7.84. The summed E-state index contributed by atoms with van der Waals surface area (Å²) in [6, 6.07) is 10.6. The lowest BCUT2D eigenvalue weighted by Gasteiger charge is -2.03. The summed E-state index contributed by atoms with van der Waals surface area (Å²) in [7, 11) is 0. The average Bonchev–Trinajstić information content (AvgIpc) is 2.50. The molecule has 5 heteroatoms. The highest BCUT2D eigenvalue weighted by atomic mass is 79.9. The fourth-order valence-corrected chi connectivity index (χ4v) is 2.23. The SMILES string of the molecule is O=C(/C=C/c1cc(Br)ccc1F)NCCc1ccc(F)cc1. The zero-order valence-corrected chi connectivity index (χ0v) is 13.2. The number of hydrogen-bond acceptors (Lipinski definition) is 1. The molecule has 2 aromatic rings. The minimum Gasteiger partial charge on any atom is -0.352 e. The fourth-order valence-electron chi connectivity index (χ4n) is 1.85. The molecule has 0 heterocycles. The molecule has 0 bridgehead atoms. The molecule has 0 aromatic heterocycles. The highest BCUT2D eigenvalue weighted by molar-refractivity contribution is 9.10. The molecule has 1 amide bonds. The summed E-state index contributed by atoms with van der Waals surface area (Å²) in [6.07, 6.45) is 3.31. The standard InChI is InChI=1S/C17H14BrF2NO/c18-14-4-7-16(20)13(11-14)3-8-17(22)21-10-9-12-1-5-15(19)6-2-12/h1-8,11H,9-10H2,(H,21,22)/b8-3+. The first-order valence-corrected chi connectivity index (χ1v) is 7.49. The smallest absolute Gasteiger partial charge is 0.244 e. The molecule has 0 fully saturated rings. The van der Waals surface area contributed by atoms with E-state index in [-0.39, 0.29) is 11.7 Å². The summed E-state index contributed by atoms with van der Waals surface area (Å²) in [5.74, 6) is -0.980. The van der Waals surface area contributed by atoms with Gasteiger partial charge in [0.2, 0.25) is 5.91 Å². The third-order valence-corrected chi connectivity index (χ3v) is 3.49. The number of benzene rings is 2. The minimum absolute atomic E-state index is 0.285. The second-order valence-corrected chi connectivity index (χ2v) is 5.58. The predicted molar refractivity (Wildman–Crippen MR) is 86.2 cm³/mol. The molecule has 22 heavy (non-hydrogen) atoms. The van der Waals surface area contributed by atoms with E-state index < -0.39 is 5.82 Å². The van der Waals surface area contributed by atoms with Crippen molar-refractivity contribution in [1.82, 2.24) is 5.32 Å². The van der Waals surface area contributed by atoms with Gasteiger partial charge in [-0.1, -0.05) is 28.1 Å². The van der Waals surface area contributed by atoms with Crippen LogP contribution in [0.25, 0.3) is 6.08 Å². The van der Waals surface area contributed by atoms with Gasteiger partial charge in [0.15, 0.2) is 0 Å². The van der Waals surface area contributed by atoms with Crippen molar-refractivity contribution in [1.29, 1.82) is 0 Å². The number of nitrogens with one attached hydrogen (secondary N) is 1. The van der Waals surface area contributed by atoms with Crippen molar-refractivity contribution >= 4 is 27.9 Å². The fraction of sp³-hybridized carbons (Fsp3) is 0.118. The Morgan fingerprint density at radius 3 is 2.59 bits per heavy atom. The van der Waals surface area contributed by atoms with Crippen LogP contribution in [-0.4, -0.2) is 12.5 Å². The summed E-state index contributed by atoms with van der Waals surface area (Å²) in [5.41, 5.74) is 1.27. The van der Waals surface area contributed by atoms with Gasteiger partial charge in [-0.25, -0.2) is 8.78 Å². The van der Waals surface area contributed by atoms with Crippen molar-refractivity contribution < 1.29 is 13.6 Å². The van der Waals surface area contributed by atoms with Crippen LogP contribution in [0.3, 0.4) is 0 Å². The largest absolute Gasteiger partial charge is 0.352 e. The second-order valence-electron chi connectivity index (χ2n) is 4.67. The minimum atomic E-state index is -0.390. The maximum atomic E-state index is 13.5. The monoisotopic (exact) mass is 365 g/mol. The maximum absolute atomic E-state index is 13.5. The van der Waals surface area contributed by atoms with Gasteiger partial charge in [0.25, 0.3) is 0 Å². The molecule has 2 nitrogen and oxygen atoms in total. The maximum Gasteiger partial charge on any atom is 0.244 e. The summed E-state index contributed by atoms with van der Waals surface area (Å²) in [6.45, 7) is 0.426. The third-order valence-electron chi connectivity index (χ3n) is 3.00. The molecule has 0 radical (unpaired) electrons. The molecular formula is C17H14BrF2NO. The lowest BCUT2D eigenvalue weighted by Crippen LogP contribution is -2.23. The zero-order valence-electron chi connectivity index (χ0n) is 11.7. The first-order valence-electron chi connectivity index (χ1n) is 6.70. The van der Waals surface area contributed by atoms with Crippen molar-refractivity contribution in [2.24, 2.45) is 0 Å². The van der Waals surface area contributed by atoms with Crippen molar-refractivity contribution in [3.05, 3.63) is 75.8 Å². The lowest BCUT2D eigenvalue weighted by atomic mass is 10.1. The Morgan fingerprint density at radius 2 is 1.86 bits per heavy atom. The number of rotatable bonds is 5. The van der Waals surface area contributed by atoms with Crippen LogP contribution in [0.15, 0.2) is 53.0 Å². The van der Waals surface area contributed by atoms with E-state index in [2.05, 4.69) is 21.2 Å². The Balaban J connectivity index is 1.83. The van der Waals surface area contributed by atoms with Crippen LogP contribution in [0.1, 0.15) is 11.1 Å². The Hall–Kier alpha value is -2.01. The van der Waals surface area contributed by atoms with Crippen molar-refractivity contribution in [2.75, 3.05) is 6.54 Å². The number of amides is 1. The number of carbonyl (C=O) groups excluding carboxylic acids is 1. The highest BCUT2D eigenvalue weighted by Crippen LogP contribution is 2.16. The highest BCUT2D eigenvalue weighted by Gasteiger charge is 2.01. The van der Waals surface area contributed by atoms with E-state index in [0.717, 1.165) is 10.0 Å². The van der Waals surface area contributed by atoms with Gasteiger partial charge in [-0.2, -0.15) is 0 Å². The zero-order chi connectivity index (χ0) is 15.9. The van der Waals surface area contributed by atoms with Gasteiger partial charge in [0.1, 0.15) is 11.6 Å². The first-order chi connectivity index (χ1) is 10.5. The summed E-state index contributed by atoms with van der Waals surface area (Å²) in [4.78, 5) is 11.7. The van der Waals surface area contributed by atoms with Gasteiger partial charge >= 0.3 is 0 Å². The molecule has 0 saturated carbocycles. The molecular weight excluding hydrogens is 352 g/mol. The Morgan fingerprint density at radius 1 is 1.14 bits per heavy atom. The van der Waals surface area contributed by atoms with Crippen LogP contribution >= 0.6 is 15.9 Å². The molecule has 0 aliphatic carbocycles. The molecule has 0 aliphatic heterocycles. The van der Waals surface area contributed by atoms with Gasteiger partial charge in [0.05, 0.1) is 0 Å². The van der Waals surface area contributed by atoms with E-state index in [0.29, 0.717) is 18.5 Å². The molecule has 2 aromatic carbocycles. The van der Waals surface area contributed by atoms with Crippen LogP contribution < -0.4 is 5.32 Å². The first kappa shape index (κ1) is 16.4. The molecule has 0 atom stereocenters. The normalized spacial score (nSPS) is 10.9. The van der Waals surface area contributed by atoms with Gasteiger partial charge < -0.3 is 5.32 Å². The third kappa shape index (κ3) is 5.07. The Kier molecular flexibility index (Phi) is 5.83. The van der Waals surface area contributed by atoms with Crippen LogP contribution in [0.2, 0.25) is 0 Å². The van der Waals surface area contributed by atoms with E-state index in [9.17, 15) is 13.6 Å². The molecule has 1 N–H and O–H groups in total. The topological polar surface area (TPSA) is 29.1 Å². The number of hydrogen-bond donors (Lipinski definition) is 1. The molecule has 0 unspecified atom stereocenters. The molecule has 0 aliphatic rings. The number of carbonyl (C=O) groups is 1. The summed E-state index contributed by atoms with van der Waals surface area (Å²) < 4.78 is 27.0. The molecule has 0 spiro atoms. The van der Waals surface area contributed by atoms with Gasteiger partial charge in [-0.15, -0.1) is 0 Å². The quantitative estimate of drug-likeness (QED) is 0.794. The van der Waals surface area contributed by atoms with Crippen LogP contribution in [0.5, 0.6) is 0 Å². The van der Waals surface area contributed by atoms with Crippen molar-refractivity contribution in [3.63, 3.8) is 0 Å². The van der Waals surface area contributed by atoms with Crippen LogP contribution in [0, 0.1) is 11.6 Å². The van der Waals surface area contributed by atoms with E-state index in [1.807, 2.05) is 0 Å². The molecule has 114 valence electrons. The van der Waals surface area contributed by atoms with Crippen molar-refractivity contribution in [3.8, 4) is 0 Å². The average molecular weight is 366 g/mol. The Labute approximate surface area is 136 Å². The van der Waals surface area contributed by atoms with Crippen LogP contribution in [0.4, 0.5) is 8.78 Å². The van der Waals surface area contributed by atoms with Crippen molar-refractivity contribution in [2.45, 2.75) is 6.42 Å². The lowest BCUT2D eigenvalue weighted by molar-refractivity contribution is -0.116. The predicted octanol–water partition coefficient (Wildman–Crippen LogP) is 4.10. The van der Waals surface area contributed by atoms with Gasteiger partial charge in [0, 0.05) is 22.7 Å². The van der Waals surface area contributed by atoms with E-state index in [4.69, 9.17) is 0 Å².